The summed E-state index contributed by atoms with van der Waals surface area (Å²) < 4.78 is 5.51. The van der Waals surface area contributed by atoms with E-state index >= 15 is 0 Å². The predicted molar refractivity (Wildman–Crippen MR) is 61.9 cm³/mol. The maximum Gasteiger partial charge on any atom is 0.145 e. The topological polar surface area (TPSA) is 26.3 Å². The number of benzene rings is 1. The van der Waals surface area contributed by atoms with Crippen LogP contribution in [0.1, 0.15) is 26.3 Å². The fourth-order valence-electron chi connectivity index (χ4n) is 1.21. The first-order chi connectivity index (χ1) is 7.11. The Labute approximate surface area is 90.6 Å². The lowest BCUT2D eigenvalue weighted by Gasteiger charge is -2.09. The number of hydrogen-bond donors (Lipinski definition) is 0. The van der Waals surface area contributed by atoms with Crippen LogP contribution >= 0.6 is 0 Å². The molecule has 0 spiro atoms. The van der Waals surface area contributed by atoms with E-state index in [1.807, 2.05) is 44.2 Å². The van der Waals surface area contributed by atoms with Gasteiger partial charge in [-0.25, -0.2) is 0 Å². The second-order valence-electron chi connectivity index (χ2n) is 3.74. The Bertz CT molecular complexity index is 347. The van der Waals surface area contributed by atoms with Gasteiger partial charge >= 0.3 is 0 Å². The predicted octanol–water partition coefficient (Wildman–Crippen LogP) is 3.08. The summed E-state index contributed by atoms with van der Waals surface area (Å²) in [5.41, 5.74) is 1.73. The monoisotopic (exact) mass is 204 g/mol. The SMILES string of the molecule is CC(C=O)=Cc1ccc(OC(C)C)cc1. The van der Waals surface area contributed by atoms with Gasteiger partial charge < -0.3 is 4.74 Å². The van der Waals surface area contributed by atoms with Crippen LogP contribution in [0.15, 0.2) is 29.8 Å². The molecule has 0 aliphatic heterocycles. The number of carbonyl (C=O) groups excluding carboxylic acids is 1. The fraction of sp³-hybridized carbons (Fsp3) is 0.308. The van der Waals surface area contributed by atoms with E-state index in [9.17, 15) is 4.79 Å². The van der Waals surface area contributed by atoms with Gasteiger partial charge in [-0.3, -0.25) is 4.79 Å². The zero-order valence-electron chi connectivity index (χ0n) is 9.36. The lowest BCUT2D eigenvalue weighted by atomic mass is 10.1. The highest BCUT2D eigenvalue weighted by Crippen LogP contribution is 2.15. The molecule has 0 N–H and O–H groups in total. The molecule has 0 amide bonds. The van der Waals surface area contributed by atoms with E-state index in [0.29, 0.717) is 5.57 Å². The van der Waals surface area contributed by atoms with Crippen molar-refractivity contribution < 1.29 is 9.53 Å². The van der Waals surface area contributed by atoms with Gasteiger partial charge in [-0.05, 0) is 50.1 Å². The first-order valence-corrected chi connectivity index (χ1v) is 5.02. The Morgan fingerprint density at radius 2 is 1.87 bits per heavy atom. The molecule has 0 radical (unpaired) electrons. The smallest absolute Gasteiger partial charge is 0.145 e. The molecule has 0 aliphatic carbocycles. The minimum absolute atomic E-state index is 0.183. The summed E-state index contributed by atoms with van der Waals surface area (Å²) in [5, 5.41) is 0. The highest BCUT2D eigenvalue weighted by Gasteiger charge is 1.96. The molecule has 0 unspecified atom stereocenters. The molecule has 1 rings (SSSR count). The zero-order valence-corrected chi connectivity index (χ0v) is 9.36. The lowest BCUT2D eigenvalue weighted by Crippen LogP contribution is -2.05. The first-order valence-electron chi connectivity index (χ1n) is 5.02. The molecule has 80 valence electrons. The van der Waals surface area contributed by atoms with Gasteiger partial charge in [0.1, 0.15) is 12.0 Å². The highest BCUT2D eigenvalue weighted by molar-refractivity contribution is 5.80. The number of ether oxygens (including phenoxy) is 1. The van der Waals surface area contributed by atoms with Crippen molar-refractivity contribution in [1.82, 2.24) is 0 Å². The standard InChI is InChI=1S/C13H16O2/c1-10(2)15-13-6-4-12(5-7-13)8-11(3)9-14/h4-10H,1-3H3. The van der Waals surface area contributed by atoms with Crippen LogP contribution in [0.25, 0.3) is 6.08 Å². The molecule has 0 aliphatic rings. The second-order valence-corrected chi connectivity index (χ2v) is 3.74. The average Bonchev–Trinajstić information content (AvgIpc) is 2.20. The van der Waals surface area contributed by atoms with Gasteiger partial charge in [-0.1, -0.05) is 12.1 Å². The molecule has 0 saturated carbocycles. The Kier molecular flexibility index (Phi) is 4.10. The summed E-state index contributed by atoms with van der Waals surface area (Å²) in [5.74, 6) is 0.853. The van der Waals surface area contributed by atoms with Gasteiger partial charge in [-0.15, -0.1) is 0 Å². The van der Waals surface area contributed by atoms with E-state index < -0.39 is 0 Å². The van der Waals surface area contributed by atoms with Gasteiger partial charge in [0, 0.05) is 0 Å². The molecule has 15 heavy (non-hydrogen) atoms. The number of rotatable bonds is 4. The first kappa shape index (κ1) is 11.5. The van der Waals surface area contributed by atoms with Crippen molar-refractivity contribution >= 4 is 12.4 Å². The van der Waals surface area contributed by atoms with Crippen LogP contribution in [-0.4, -0.2) is 12.4 Å². The van der Waals surface area contributed by atoms with E-state index in [1.54, 1.807) is 6.92 Å². The third-order valence-electron chi connectivity index (χ3n) is 1.83. The van der Waals surface area contributed by atoms with Crippen LogP contribution in [0.2, 0.25) is 0 Å². The molecular formula is C13H16O2. The molecule has 2 heteroatoms. The van der Waals surface area contributed by atoms with E-state index in [0.717, 1.165) is 17.6 Å². The minimum atomic E-state index is 0.183. The Hall–Kier alpha value is -1.57. The lowest BCUT2D eigenvalue weighted by molar-refractivity contribution is -0.104. The number of allylic oxidation sites excluding steroid dienone is 1. The molecule has 0 heterocycles. The van der Waals surface area contributed by atoms with Crippen LogP contribution in [-0.2, 0) is 4.79 Å². The zero-order chi connectivity index (χ0) is 11.3. The van der Waals surface area contributed by atoms with Crippen molar-refractivity contribution in [3.8, 4) is 5.75 Å². The molecular weight excluding hydrogens is 188 g/mol. The van der Waals surface area contributed by atoms with Crippen LogP contribution in [0.5, 0.6) is 5.75 Å². The second kappa shape index (κ2) is 5.35. The van der Waals surface area contributed by atoms with Crippen molar-refractivity contribution in [3.05, 3.63) is 35.4 Å². The molecule has 0 aromatic heterocycles. The summed E-state index contributed by atoms with van der Waals surface area (Å²) >= 11 is 0. The van der Waals surface area contributed by atoms with Crippen LogP contribution in [0.3, 0.4) is 0 Å². The van der Waals surface area contributed by atoms with Crippen molar-refractivity contribution in [2.24, 2.45) is 0 Å². The number of hydrogen-bond acceptors (Lipinski definition) is 2. The molecule has 1 aromatic rings. The van der Waals surface area contributed by atoms with E-state index in [1.165, 1.54) is 0 Å². The van der Waals surface area contributed by atoms with Crippen LogP contribution in [0.4, 0.5) is 0 Å². The van der Waals surface area contributed by atoms with Crippen LogP contribution in [0, 0.1) is 0 Å². The molecule has 0 atom stereocenters. The Balaban J connectivity index is 2.76. The van der Waals surface area contributed by atoms with E-state index in [4.69, 9.17) is 4.74 Å². The van der Waals surface area contributed by atoms with Gasteiger partial charge in [0.15, 0.2) is 0 Å². The Morgan fingerprint density at radius 1 is 1.27 bits per heavy atom. The third kappa shape index (κ3) is 3.98. The maximum absolute atomic E-state index is 10.4. The minimum Gasteiger partial charge on any atom is -0.491 e. The van der Waals surface area contributed by atoms with E-state index in [-0.39, 0.29) is 6.10 Å². The fourth-order valence-corrected chi connectivity index (χ4v) is 1.21. The summed E-state index contributed by atoms with van der Waals surface area (Å²) in [4.78, 5) is 10.4. The summed E-state index contributed by atoms with van der Waals surface area (Å²) in [6, 6.07) is 7.68. The van der Waals surface area contributed by atoms with Gasteiger partial charge in [0.05, 0.1) is 6.10 Å². The maximum atomic E-state index is 10.4. The van der Waals surface area contributed by atoms with Crippen molar-refractivity contribution in [2.45, 2.75) is 26.9 Å². The van der Waals surface area contributed by atoms with Gasteiger partial charge in [0.25, 0.3) is 0 Å². The summed E-state index contributed by atoms with van der Waals surface area (Å²) in [7, 11) is 0. The third-order valence-corrected chi connectivity index (χ3v) is 1.83. The molecule has 0 fully saturated rings. The number of carbonyl (C=O) groups is 1. The van der Waals surface area contributed by atoms with Crippen molar-refractivity contribution in [1.29, 1.82) is 0 Å². The molecule has 0 bridgehead atoms. The normalized spacial score (nSPS) is 11.6. The van der Waals surface area contributed by atoms with Crippen LogP contribution < -0.4 is 4.74 Å². The quantitative estimate of drug-likeness (QED) is 0.556. The highest BCUT2D eigenvalue weighted by atomic mass is 16.5. The van der Waals surface area contributed by atoms with Gasteiger partial charge in [0.2, 0.25) is 0 Å². The largest absolute Gasteiger partial charge is 0.491 e. The van der Waals surface area contributed by atoms with Crippen molar-refractivity contribution in [2.75, 3.05) is 0 Å². The van der Waals surface area contributed by atoms with Crippen molar-refractivity contribution in [3.63, 3.8) is 0 Å². The molecule has 2 nitrogen and oxygen atoms in total. The van der Waals surface area contributed by atoms with Gasteiger partial charge in [-0.2, -0.15) is 0 Å². The number of aldehydes is 1. The Morgan fingerprint density at radius 3 is 2.33 bits per heavy atom. The summed E-state index contributed by atoms with van der Waals surface area (Å²) in [6.45, 7) is 5.76. The summed E-state index contributed by atoms with van der Waals surface area (Å²) in [6.07, 6.45) is 2.87. The molecule has 0 saturated heterocycles. The van der Waals surface area contributed by atoms with E-state index in [2.05, 4.69) is 0 Å². The molecule has 1 aromatic carbocycles. The average molecular weight is 204 g/mol.